The Morgan fingerprint density at radius 1 is 1.20 bits per heavy atom. The lowest BCUT2D eigenvalue weighted by Gasteiger charge is -2.41. The molecule has 0 radical (unpaired) electrons. The van der Waals surface area contributed by atoms with Gasteiger partial charge in [-0.1, -0.05) is 33.6 Å². The number of piperidine rings is 1. The Hall–Kier alpha value is -0.570. The molecule has 2 unspecified atom stereocenters. The van der Waals surface area contributed by atoms with Crippen molar-refractivity contribution in [2.75, 3.05) is 19.6 Å². The van der Waals surface area contributed by atoms with Gasteiger partial charge in [0.2, 0.25) is 5.91 Å². The third-order valence-electron chi connectivity index (χ3n) is 5.48. The van der Waals surface area contributed by atoms with Crippen LogP contribution in [0.1, 0.15) is 65.7 Å². The molecule has 116 valence electrons. The summed E-state index contributed by atoms with van der Waals surface area (Å²) < 4.78 is 0. The molecule has 1 amide bonds. The zero-order chi connectivity index (χ0) is 14.6. The molecular formula is C17H32N2O. The van der Waals surface area contributed by atoms with E-state index in [4.69, 9.17) is 0 Å². The number of carbonyl (C=O) groups excluding carboxylic acids is 1. The molecule has 0 aliphatic carbocycles. The minimum absolute atomic E-state index is 0.217. The van der Waals surface area contributed by atoms with Gasteiger partial charge in [0.05, 0.1) is 0 Å². The summed E-state index contributed by atoms with van der Waals surface area (Å²) in [5.41, 5.74) is -0.217. The summed E-state index contributed by atoms with van der Waals surface area (Å²) in [6, 6.07) is 0.473. The maximum absolute atomic E-state index is 13.1. The summed E-state index contributed by atoms with van der Waals surface area (Å²) in [5, 5.41) is 3.47. The number of hydrogen-bond acceptors (Lipinski definition) is 2. The Labute approximate surface area is 124 Å². The minimum atomic E-state index is -0.217. The van der Waals surface area contributed by atoms with Crippen molar-refractivity contribution in [3.8, 4) is 0 Å². The first-order valence-corrected chi connectivity index (χ1v) is 8.59. The Bertz CT molecular complexity index is 321. The molecule has 2 heterocycles. The van der Waals surface area contributed by atoms with Crippen LogP contribution in [0.2, 0.25) is 0 Å². The zero-order valence-corrected chi connectivity index (χ0v) is 13.6. The second-order valence-corrected chi connectivity index (χ2v) is 7.17. The van der Waals surface area contributed by atoms with Gasteiger partial charge < -0.3 is 10.2 Å². The van der Waals surface area contributed by atoms with Crippen LogP contribution in [0.25, 0.3) is 0 Å². The van der Waals surface area contributed by atoms with Crippen LogP contribution >= 0.6 is 0 Å². The van der Waals surface area contributed by atoms with E-state index in [1.165, 1.54) is 38.5 Å². The van der Waals surface area contributed by atoms with Crippen molar-refractivity contribution in [2.24, 2.45) is 11.3 Å². The van der Waals surface area contributed by atoms with Crippen molar-refractivity contribution in [1.29, 1.82) is 0 Å². The van der Waals surface area contributed by atoms with Gasteiger partial charge >= 0.3 is 0 Å². The second-order valence-electron chi connectivity index (χ2n) is 7.17. The monoisotopic (exact) mass is 280 g/mol. The summed E-state index contributed by atoms with van der Waals surface area (Å²) in [7, 11) is 0. The molecule has 2 aliphatic heterocycles. The van der Waals surface area contributed by atoms with Crippen molar-refractivity contribution >= 4 is 5.91 Å². The Morgan fingerprint density at radius 2 is 2.00 bits per heavy atom. The van der Waals surface area contributed by atoms with Crippen LogP contribution < -0.4 is 5.32 Å². The predicted octanol–water partition coefficient (Wildman–Crippen LogP) is 3.19. The summed E-state index contributed by atoms with van der Waals surface area (Å²) in [6.45, 7) is 9.66. The zero-order valence-electron chi connectivity index (χ0n) is 13.6. The summed E-state index contributed by atoms with van der Waals surface area (Å²) >= 11 is 0. The van der Waals surface area contributed by atoms with Gasteiger partial charge in [0.15, 0.2) is 0 Å². The average Bonchev–Trinajstić information content (AvgIpc) is 2.72. The van der Waals surface area contributed by atoms with E-state index in [-0.39, 0.29) is 5.41 Å². The standard InChI is InChI=1S/C17H32N2O/c1-4-15-10-6-5-7-12-19(15)16(20)17(2,3)14-9-8-11-18-13-14/h14-15,18H,4-13H2,1-3H3. The van der Waals surface area contributed by atoms with E-state index >= 15 is 0 Å². The first kappa shape index (κ1) is 15.8. The number of likely N-dealkylation sites (tertiary alicyclic amines) is 1. The highest BCUT2D eigenvalue weighted by Crippen LogP contribution is 2.35. The Morgan fingerprint density at radius 3 is 2.65 bits per heavy atom. The molecular weight excluding hydrogens is 248 g/mol. The highest BCUT2D eigenvalue weighted by atomic mass is 16.2. The number of hydrogen-bond donors (Lipinski definition) is 1. The molecule has 0 saturated carbocycles. The van der Waals surface area contributed by atoms with Gasteiger partial charge in [-0.15, -0.1) is 0 Å². The molecule has 0 spiro atoms. The number of nitrogens with zero attached hydrogens (tertiary/aromatic N) is 1. The number of nitrogens with one attached hydrogen (secondary N) is 1. The van der Waals surface area contributed by atoms with Gasteiger partial charge in [-0.05, 0) is 51.1 Å². The second kappa shape index (κ2) is 6.93. The molecule has 0 aromatic heterocycles. The van der Waals surface area contributed by atoms with E-state index in [2.05, 4.69) is 31.0 Å². The van der Waals surface area contributed by atoms with E-state index < -0.39 is 0 Å². The van der Waals surface area contributed by atoms with Gasteiger partial charge in [0, 0.05) is 18.0 Å². The van der Waals surface area contributed by atoms with Crippen LogP contribution in [-0.2, 0) is 4.79 Å². The maximum atomic E-state index is 13.1. The predicted molar refractivity (Wildman–Crippen MR) is 83.6 cm³/mol. The third kappa shape index (κ3) is 3.36. The van der Waals surface area contributed by atoms with Crippen LogP contribution in [0.5, 0.6) is 0 Å². The molecule has 2 saturated heterocycles. The van der Waals surface area contributed by atoms with E-state index in [9.17, 15) is 4.79 Å². The Kier molecular flexibility index (Phi) is 5.48. The smallest absolute Gasteiger partial charge is 0.228 e. The largest absolute Gasteiger partial charge is 0.339 e. The van der Waals surface area contributed by atoms with Crippen molar-refractivity contribution < 1.29 is 4.79 Å². The molecule has 0 aromatic rings. The quantitative estimate of drug-likeness (QED) is 0.861. The molecule has 2 rings (SSSR count). The number of carbonyl (C=O) groups is 1. The number of amides is 1. The van der Waals surface area contributed by atoms with Crippen molar-refractivity contribution in [1.82, 2.24) is 10.2 Å². The SMILES string of the molecule is CCC1CCCCCN1C(=O)C(C)(C)C1CCCNC1. The highest BCUT2D eigenvalue weighted by molar-refractivity contribution is 5.82. The van der Waals surface area contributed by atoms with E-state index in [1.54, 1.807) is 0 Å². The van der Waals surface area contributed by atoms with Crippen LogP contribution in [-0.4, -0.2) is 36.5 Å². The molecule has 3 heteroatoms. The molecule has 0 bridgehead atoms. The minimum Gasteiger partial charge on any atom is -0.339 e. The lowest BCUT2D eigenvalue weighted by atomic mass is 9.73. The third-order valence-corrected chi connectivity index (χ3v) is 5.48. The van der Waals surface area contributed by atoms with Crippen molar-refractivity contribution in [2.45, 2.75) is 71.8 Å². The molecule has 1 N–H and O–H groups in total. The Balaban J connectivity index is 2.09. The normalized spacial score (nSPS) is 29.1. The van der Waals surface area contributed by atoms with Crippen LogP contribution in [0.3, 0.4) is 0 Å². The molecule has 20 heavy (non-hydrogen) atoms. The van der Waals surface area contributed by atoms with Gasteiger partial charge in [0.1, 0.15) is 0 Å². The van der Waals surface area contributed by atoms with Crippen molar-refractivity contribution in [3.05, 3.63) is 0 Å². The molecule has 2 aliphatic rings. The topological polar surface area (TPSA) is 32.3 Å². The molecule has 2 fully saturated rings. The maximum Gasteiger partial charge on any atom is 0.228 e. The fraction of sp³-hybridized carbons (Fsp3) is 0.941. The first-order valence-electron chi connectivity index (χ1n) is 8.59. The lowest BCUT2D eigenvalue weighted by Crippen LogP contribution is -2.51. The van der Waals surface area contributed by atoms with Crippen LogP contribution in [0.15, 0.2) is 0 Å². The summed E-state index contributed by atoms with van der Waals surface area (Å²) in [5.74, 6) is 0.893. The highest BCUT2D eigenvalue weighted by Gasteiger charge is 2.41. The molecule has 3 nitrogen and oxygen atoms in total. The van der Waals surface area contributed by atoms with Gasteiger partial charge in [-0.3, -0.25) is 4.79 Å². The average molecular weight is 280 g/mol. The van der Waals surface area contributed by atoms with Crippen molar-refractivity contribution in [3.63, 3.8) is 0 Å². The summed E-state index contributed by atoms with van der Waals surface area (Å²) in [6.07, 6.45) is 8.45. The molecule has 2 atom stereocenters. The van der Waals surface area contributed by atoms with Crippen LogP contribution in [0, 0.1) is 11.3 Å². The van der Waals surface area contributed by atoms with Gasteiger partial charge in [0.25, 0.3) is 0 Å². The lowest BCUT2D eigenvalue weighted by molar-refractivity contribution is -0.146. The van der Waals surface area contributed by atoms with Gasteiger partial charge in [-0.25, -0.2) is 0 Å². The summed E-state index contributed by atoms with van der Waals surface area (Å²) in [4.78, 5) is 15.4. The van der Waals surface area contributed by atoms with E-state index in [0.717, 1.165) is 26.1 Å². The van der Waals surface area contributed by atoms with Gasteiger partial charge in [-0.2, -0.15) is 0 Å². The fourth-order valence-electron chi connectivity index (χ4n) is 3.88. The number of rotatable bonds is 3. The van der Waals surface area contributed by atoms with E-state index in [0.29, 0.717) is 17.9 Å². The first-order chi connectivity index (χ1) is 9.57. The van der Waals surface area contributed by atoms with E-state index in [1.807, 2.05) is 0 Å². The van der Waals surface area contributed by atoms with Crippen LogP contribution in [0.4, 0.5) is 0 Å². The fourth-order valence-corrected chi connectivity index (χ4v) is 3.88. The molecule has 0 aromatic carbocycles.